The van der Waals surface area contributed by atoms with Crippen LogP contribution < -0.4 is 15.5 Å². The highest BCUT2D eigenvalue weighted by Gasteiger charge is 2.28. The van der Waals surface area contributed by atoms with Gasteiger partial charge in [0.25, 0.3) is 0 Å². The van der Waals surface area contributed by atoms with E-state index >= 15 is 0 Å². The maximum absolute atomic E-state index is 12.0. The van der Waals surface area contributed by atoms with Crippen LogP contribution in [0.1, 0.15) is 25.7 Å². The Balaban J connectivity index is 0.00000132. The highest BCUT2D eigenvalue weighted by Crippen LogP contribution is 2.20. The molecule has 3 N–H and O–H groups in total. The van der Waals surface area contributed by atoms with Crippen molar-refractivity contribution in [3.05, 3.63) is 18.3 Å². The predicted molar refractivity (Wildman–Crippen MR) is 95.8 cm³/mol. The van der Waals surface area contributed by atoms with E-state index in [1.807, 2.05) is 18.3 Å². The molecule has 0 saturated carbocycles. The van der Waals surface area contributed by atoms with Crippen LogP contribution in [0.3, 0.4) is 0 Å². The number of hydrogen-bond acceptors (Lipinski definition) is 5. The van der Waals surface area contributed by atoms with Gasteiger partial charge in [-0.3, -0.25) is 4.79 Å². The van der Waals surface area contributed by atoms with Gasteiger partial charge in [-0.25, -0.2) is 4.98 Å². The zero-order valence-electron chi connectivity index (χ0n) is 12.9. The number of piperidine rings is 1. The number of halogens is 2. The molecule has 0 aliphatic carbocycles. The third-order valence-electron chi connectivity index (χ3n) is 4.14. The summed E-state index contributed by atoms with van der Waals surface area (Å²) in [6, 6.07) is 3.52. The number of pyridine rings is 1. The Morgan fingerprint density at radius 1 is 1.26 bits per heavy atom. The van der Waals surface area contributed by atoms with Crippen molar-refractivity contribution in [1.82, 2.24) is 10.3 Å². The van der Waals surface area contributed by atoms with Gasteiger partial charge in [0.1, 0.15) is 5.82 Å². The number of hydrogen-bond donors (Lipinski definition) is 3. The number of aliphatic hydroxyl groups excluding tert-OH is 1. The molecule has 2 unspecified atom stereocenters. The predicted octanol–water partition coefficient (Wildman–Crippen LogP) is 1.58. The van der Waals surface area contributed by atoms with Crippen LogP contribution in [0.4, 0.5) is 11.5 Å². The molecule has 1 amide bonds. The van der Waals surface area contributed by atoms with Gasteiger partial charge in [-0.1, -0.05) is 0 Å². The first kappa shape index (κ1) is 20.0. The van der Waals surface area contributed by atoms with Gasteiger partial charge in [-0.05, 0) is 37.8 Å². The zero-order chi connectivity index (χ0) is 14.7. The first-order valence-corrected chi connectivity index (χ1v) is 7.66. The second kappa shape index (κ2) is 9.27. The van der Waals surface area contributed by atoms with Crippen molar-refractivity contribution in [3.8, 4) is 0 Å². The van der Waals surface area contributed by atoms with Gasteiger partial charge in [-0.15, -0.1) is 24.8 Å². The van der Waals surface area contributed by atoms with E-state index in [0.717, 1.165) is 18.8 Å². The van der Waals surface area contributed by atoms with Gasteiger partial charge in [-0.2, -0.15) is 0 Å². The molecule has 0 bridgehead atoms. The largest absolute Gasteiger partial charge is 0.392 e. The Morgan fingerprint density at radius 3 is 2.57 bits per heavy atom. The molecule has 3 rings (SSSR count). The molecule has 2 fully saturated rings. The van der Waals surface area contributed by atoms with E-state index in [-0.39, 0.29) is 36.8 Å². The van der Waals surface area contributed by atoms with Crippen LogP contribution >= 0.6 is 24.8 Å². The lowest BCUT2D eigenvalue weighted by Crippen LogP contribution is -2.35. The Hall–Kier alpha value is -1.08. The van der Waals surface area contributed by atoms with Crippen LogP contribution in [0.5, 0.6) is 0 Å². The monoisotopic (exact) mass is 362 g/mol. The SMILES string of the molecule is Cl.Cl.O=C(Nc1ccc(N2CCCCC2)cn1)C1CC(O)CN1. The van der Waals surface area contributed by atoms with E-state index < -0.39 is 6.10 Å². The summed E-state index contributed by atoms with van der Waals surface area (Å²) >= 11 is 0. The molecular weight excluding hydrogens is 339 g/mol. The lowest BCUT2D eigenvalue weighted by Gasteiger charge is -2.28. The molecular formula is C15H24Cl2N4O2. The van der Waals surface area contributed by atoms with Crippen LogP contribution in [0, 0.1) is 0 Å². The molecule has 130 valence electrons. The van der Waals surface area contributed by atoms with Crippen LogP contribution in [0.2, 0.25) is 0 Å². The van der Waals surface area contributed by atoms with Crippen molar-refractivity contribution in [2.75, 3.05) is 29.9 Å². The number of carbonyl (C=O) groups is 1. The highest BCUT2D eigenvalue weighted by atomic mass is 35.5. The molecule has 2 aliphatic heterocycles. The number of aliphatic hydroxyl groups is 1. The number of β-amino-alcohol motifs (C(OH)–C–C–N with tert-alkyl or cyclic N) is 1. The maximum atomic E-state index is 12.0. The van der Waals surface area contributed by atoms with Crippen molar-refractivity contribution in [3.63, 3.8) is 0 Å². The van der Waals surface area contributed by atoms with Crippen molar-refractivity contribution < 1.29 is 9.90 Å². The fourth-order valence-corrected chi connectivity index (χ4v) is 2.93. The van der Waals surface area contributed by atoms with Crippen LogP contribution in [0.15, 0.2) is 18.3 Å². The minimum Gasteiger partial charge on any atom is -0.392 e. The van der Waals surface area contributed by atoms with E-state index in [1.165, 1.54) is 19.3 Å². The van der Waals surface area contributed by atoms with Gasteiger partial charge in [0.15, 0.2) is 0 Å². The number of carbonyl (C=O) groups excluding carboxylic acids is 1. The standard InChI is InChI=1S/C15H22N4O2.2ClH/c20-12-8-13(16-10-12)15(21)18-14-5-4-11(9-17-14)19-6-2-1-3-7-19;;/h4-5,9,12-13,16,20H,1-3,6-8,10H2,(H,17,18,21);2*1H. The van der Waals surface area contributed by atoms with E-state index in [1.54, 1.807) is 0 Å². The van der Waals surface area contributed by atoms with Crippen molar-refractivity contribution in [2.24, 2.45) is 0 Å². The first-order valence-electron chi connectivity index (χ1n) is 7.66. The molecule has 0 spiro atoms. The maximum Gasteiger partial charge on any atom is 0.242 e. The third kappa shape index (κ3) is 5.21. The Morgan fingerprint density at radius 2 is 2.00 bits per heavy atom. The molecule has 1 aromatic rings. The molecule has 3 heterocycles. The lowest BCUT2D eigenvalue weighted by molar-refractivity contribution is -0.118. The number of nitrogens with one attached hydrogen (secondary N) is 2. The second-order valence-electron chi connectivity index (χ2n) is 5.79. The van der Waals surface area contributed by atoms with Crippen molar-refractivity contribution >= 4 is 42.2 Å². The summed E-state index contributed by atoms with van der Waals surface area (Å²) in [5.74, 6) is 0.425. The Labute approximate surface area is 148 Å². The molecule has 0 radical (unpaired) electrons. The van der Waals surface area contributed by atoms with E-state index in [4.69, 9.17) is 0 Å². The summed E-state index contributed by atoms with van der Waals surface area (Å²) in [6.45, 7) is 2.63. The van der Waals surface area contributed by atoms with Gasteiger partial charge in [0, 0.05) is 19.6 Å². The average molecular weight is 363 g/mol. The van der Waals surface area contributed by atoms with E-state index in [0.29, 0.717) is 18.8 Å². The summed E-state index contributed by atoms with van der Waals surface area (Å²) in [7, 11) is 0. The Bertz CT molecular complexity index is 495. The van der Waals surface area contributed by atoms with Gasteiger partial charge in [0.2, 0.25) is 5.91 Å². The topological polar surface area (TPSA) is 77.5 Å². The molecule has 2 saturated heterocycles. The molecule has 23 heavy (non-hydrogen) atoms. The fraction of sp³-hybridized carbons (Fsp3) is 0.600. The normalized spacial score (nSPS) is 23.6. The van der Waals surface area contributed by atoms with Gasteiger partial charge in [0.05, 0.1) is 24.0 Å². The molecule has 2 atom stereocenters. The molecule has 6 nitrogen and oxygen atoms in total. The summed E-state index contributed by atoms with van der Waals surface area (Å²) in [6.07, 6.45) is 5.60. The molecule has 2 aliphatic rings. The summed E-state index contributed by atoms with van der Waals surface area (Å²) in [5, 5.41) is 15.2. The van der Waals surface area contributed by atoms with E-state index in [9.17, 15) is 9.90 Å². The van der Waals surface area contributed by atoms with Crippen molar-refractivity contribution in [2.45, 2.75) is 37.8 Å². The smallest absolute Gasteiger partial charge is 0.242 e. The quantitative estimate of drug-likeness (QED) is 0.760. The second-order valence-corrected chi connectivity index (χ2v) is 5.79. The Kier molecular flexibility index (Phi) is 8.05. The number of aromatic nitrogens is 1. The summed E-state index contributed by atoms with van der Waals surface area (Å²) in [4.78, 5) is 18.7. The first-order chi connectivity index (χ1) is 10.2. The van der Waals surface area contributed by atoms with E-state index in [2.05, 4.69) is 20.5 Å². The zero-order valence-corrected chi connectivity index (χ0v) is 14.5. The molecule has 1 aromatic heterocycles. The lowest BCUT2D eigenvalue weighted by atomic mass is 10.1. The minimum atomic E-state index is -0.435. The van der Waals surface area contributed by atoms with Gasteiger partial charge >= 0.3 is 0 Å². The van der Waals surface area contributed by atoms with Crippen molar-refractivity contribution in [1.29, 1.82) is 0 Å². The molecule has 0 aromatic carbocycles. The summed E-state index contributed by atoms with van der Waals surface area (Å²) in [5.41, 5.74) is 1.11. The number of anilines is 2. The summed E-state index contributed by atoms with van der Waals surface area (Å²) < 4.78 is 0. The van der Waals surface area contributed by atoms with Gasteiger partial charge < -0.3 is 20.6 Å². The third-order valence-corrected chi connectivity index (χ3v) is 4.14. The molecule has 8 heteroatoms. The van der Waals surface area contributed by atoms with Crippen LogP contribution in [-0.4, -0.2) is 47.8 Å². The average Bonchev–Trinajstić information content (AvgIpc) is 2.96. The highest BCUT2D eigenvalue weighted by molar-refractivity contribution is 5.94. The number of amides is 1. The number of nitrogens with zero attached hydrogens (tertiary/aromatic N) is 2. The van der Waals surface area contributed by atoms with Crippen LogP contribution in [-0.2, 0) is 4.79 Å². The number of rotatable bonds is 3. The minimum absolute atomic E-state index is 0. The fourth-order valence-electron chi connectivity index (χ4n) is 2.93. The van der Waals surface area contributed by atoms with Crippen LogP contribution in [0.25, 0.3) is 0 Å².